The topological polar surface area (TPSA) is 15.3 Å². The second-order valence-electron chi connectivity index (χ2n) is 5.10. The van der Waals surface area contributed by atoms with Crippen LogP contribution in [0.2, 0.25) is 5.02 Å². The summed E-state index contributed by atoms with van der Waals surface area (Å²) in [4.78, 5) is 2.42. The van der Waals surface area contributed by atoms with Crippen LogP contribution in [0.5, 0.6) is 0 Å². The van der Waals surface area contributed by atoms with E-state index < -0.39 is 0 Å². The molecule has 0 heterocycles. The number of anilines is 1. The predicted molar refractivity (Wildman–Crippen MR) is 79.5 cm³/mol. The molecule has 0 amide bonds. The minimum atomic E-state index is 0.684. The molecule has 0 atom stereocenters. The molecule has 1 aromatic carbocycles. The highest BCUT2D eigenvalue weighted by atomic mass is 35.5. The van der Waals surface area contributed by atoms with Gasteiger partial charge in [0, 0.05) is 30.3 Å². The molecule has 1 aliphatic rings. The zero-order valence-electron chi connectivity index (χ0n) is 11.4. The Labute approximate surface area is 115 Å². The second kappa shape index (κ2) is 6.44. The van der Waals surface area contributed by atoms with Gasteiger partial charge < -0.3 is 10.2 Å². The van der Waals surface area contributed by atoms with Crippen molar-refractivity contribution in [2.24, 2.45) is 0 Å². The number of rotatable bonds is 5. The summed E-state index contributed by atoms with van der Waals surface area (Å²) in [6, 6.07) is 6.92. The van der Waals surface area contributed by atoms with Crippen LogP contribution >= 0.6 is 11.6 Å². The third-order valence-corrected chi connectivity index (χ3v) is 4.10. The van der Waals surface area contributed by atoms with Crippen LogP contribution in [0.4, 0.5) is 5.69 Å². The van der Waals surface area contributed by atoms with E-state index in [4.69, 9.17) is 11.6 Å². The Hall–Kier alpha value is -0.730. The van der Waals surface area contributed by atoms with Gasteiger partial charge in [-0.3, -0.25) is 0 Å². The van der Waals surface area contributed by atoms with Gasteiger partial charge in [-0.1, -0.05) is 37.4 Å². The third-order valence-electron chi connectivity index (χ3n) is 3.87. The number of hydrogen-bond acceptors (Lipinski definition) is 2. The van der Waals surface area contributed by atoms with Crippen molar-refractivity contribution in [3.8, 4) is 0 Å². The molecule has 0 unspecified atom stereocenters. The Kier molecular flexibility index (Phi) is 4.90. The monoisotopic (exact) mass is 266 g/mol. The Morgan fingerprint density at radius 2 is 2.06 bits per heavy atom. The molecule has 1 aliphatic carbocycles. The van der Waals surface area contributed by atoms with E-state index in [0.29, 0.717) is 6.04 Å². The van der Waals surface area contributed by atoms with Gasteiger partial charge in [0.1, 0.15) is 0 Å². The Morgan fingerprint density at radius 1 is 1.33 bits per heavy atom. The first-order chi connectivity index (χ1) is 8.72. The molecular formula is C15H23ClN2. The summed E-state index contributed by atoms with van der Waals surface area (Å²) in [5.41, 5.74) is 2.63. The average Bonchev–Trinajstić information content (AvgIpc) is 2.90. The fourth-order valence-corrected chi connectivity index (χ4v) is 2.93. The molecule has 100 valence electrons. The molecule has 1 N–H and O–H groups in total. The van der Waals surface area contributed by atoms with Gasteiger partial charge in [-0.05, 0) is 37.1 Å². The van der Waals surface area contributed by atoms with Gasteiger partial charge in [-0.25, -0.2) is 0 Å². The molecule has 0 bridgehead atoms. The predicted octanol–water partition coefficient (Wildman–Crippen LogP) is 3.83. The Bertz CT molecular complexity index is 386. The van der Waals surface area contributed by atoms with Crippen LogP contribution in [0, 0.1) is 0 Å². The fraction of sp³-hybridized carbons (Fsp3) is 0.600. The zero-order chi connectivity index (χ0) is 13.0. The van der Waals surface area contributed by atoms with Crippen LogP contribution in [0.15, 0.2) is 18.2 Å². The standard InChI is InChI=1S/C15H23ClN2/c1-3-17-11-12-8-9-13(16)10-15(12)18(2)14-6-4-5-7-14/h8-10,14,17H,3-7,11H2,1-2H3. The van der Waals surface area contributed by atoms with E-state index in [9.17, 15) is 0 Å². The first-order valence-corrected chi connectivity index (χ1v) is 7.32. The highest BCUT2D eigenvalue weighted by molar-refractivity contribution is 6.30. The number of benzene rings is 1. The van der Waals surface area contributed by atoms with E-state index in [0.717, 1.165) is 18.1 Å². The van der Waals surface area contributed by atoms with Crippen molar-refractivity contribution >= 4 is 17.3 Å². The molecular weight excluding hydrogens is 244 g/mol. The van der Waals surface area contributed by atoms with E-state index >= 15 is 0 Å². The molecule has 1 saturated carbocycles. The van der Waals surface area contributed by atoms with Gasteiger partial charge >= 0.3 is 0 Å². The van der Waals surface area contributed by atoms with E-state index in [-0.39, 0.29) is 0 Å². The van der Waals surface area contributed by atoms with Gasteiger partial charge in [0.05, 0.1) is 0 Å². The van der Waals surface area contributed by atoms with Crippen molar-refractivity contribution in [2.45, 2.75) is 45.2 Å². The van der Waals surface area contributed by atoms with Gasteiger partial charge in [0.15, 0.2) is 0 Å². The van der Waals surface area contributed by atoms with Gasteiger partial charge in [0.2, 0.25) is 0 Å². The van der Waals surface area contributed by atoms with E-state index in [1.807, 2.05) is 6.07 Å². The van der Waals surface area contributed by atoms with E-state index in [2.05, 4.69) is 36.3 Å². The highest BCUT2D eigenvalue weighted by Crippen LogP contribution is 2.31. The number of halogens is 1. The molecule has 0 aromatic heterocycles. The lowest BCUT2D eigenvalue weighted by Crippen LogP contribution is -2.30. The maximum Gasteiger partial charge on any atom is 0.0426 e. The molecule has 18 heavy (non-hydrogen) atoms. The van der Waals surface area contributed by atoms with Gasteiger partial charge in [-0.15, -0.1) is 0 Å². The lowest BCUT2D eigenvalue weighted by atomic mass is 10.1. The SMILES string of the molecule is CCNCc1ccc(Cl)cc1N(C)C1CCCC1. The maximum atomic E-state index is 6.15. The van der Waals surface area contributed by atoms with Crippen molar-refractivity contribution in [3.63, 3.8) is 0 Å². The Morgan fingerprint density at radius 3 is 2.72 bits per heavy atom. The van der Waals surface area contributed by atoms with Gasteiger partial charge in [-0.2, -0.15) is 0 Å². The van der Waals surface area contributed by atoms with Crippen molar-refractivity contribution in [1.82, 2.24) is 5.32 Å². The molecule has 0 aliphatic heterocycles. The smallest absolute Gasteiger partial charge is 0.0426 e. The van der Waals surface area contributed by atoms with Crippen LogP contribution in [0.1, 0.15) is 38.2 Å². The van der Waals surface area contributed by atoms with E-state index in [1.165, 1.54) is 36.9 Å². The molecule has 0 radical (unpaired) electrons. The number of nitrogens with zero attached hydrogens (tertiary/aromatic N) is 1. The molecule has 0 saturated heterocycles. The minimum absolute atomic E-state index is 0.684. The molecule has 2 nitrogen and oxygen atoms in total. The first kappa shape index (κ1) is 13.7. The van der Waals surface area contributed by atoms with Crippen molar-refractivity contribution in [1.29, 1.82) is 0 Å². The fourth-order valence-electron chi connectivity index (χ4n) is 2.76. The van der Waals surface area contributed by atoms with Gasteiger partial charge in [0.25, 0.3) is 0 Å². The second-order valence-corrected chi connectivity index (χ2v) is 5.54. The maximum absolute atomic E-state index is 6.15. The van der Waals surface area contributed by atoms with E-state index in [1.54, 1.807) is 0 Å². The van der Waals surface area contributed by atoms with Crippen LogP contribution in [0.25, 0.3) is 0 Å². The molecule has 2 rings (SSSR count). The summed E-state index contributed by atoms with van der Waals surface area (Å²) in [5, 5.41) is 4.23. The van der Waals surface area contributed by atoms with Crippen molar-refractivity contribution < 1.29 is 0 Å². The largest absolute Gasteiger partial charge is 0.371 e. The number of nitrogens with one attached hydrogen (secondary N) is 1. The summed E-state index contributed by atoms with van der Waals surface area (Å²) in [7, 11) is 2.21. The summed E-state index contributed by atoms with van der Waals surface area (Å²) in [5.74, 6) is 0. The molecule has 0 spiro atoms. The highest BCUT2D eigenvalue weighted by Gasteiger charge is 2.21. The lowest BCUT2D eigenvalue weighted by molar-refractivity contribution is 0.645. The summed E-state index contributed by atoms with van der Waals surface area (Å²) in [6.07, 6.45) is 5.34. The van der Waals surface area contributed by atoms with Crippen molar-refractivity contribution in [3.05, 3.63) is 28.8 Å². The average molecular weight is 267 g/mol. The van der Waals surface area contributed by atoms with Crippen LogP contribution in [-0.4, -0.2) is 19.6 Å². The minimum Gasteiger partial charge on any atom is -0.371 e. The quantitative estimate of drug-likeness (QED) is 0.871. The normalized spacial score (nSPS) is 16.2. The Balaban J connectivity index is 2.19. The third kappa shape index (κ3) is 3.18. The lowest BCUT2D eigenvalue weighted by Gasteiger charge is -2.29. The van der Waals surface area contributed by atoms with Crippen molar-refractivity contribution in [2.75, 3.05) is 18.5 Å². The van der Waals surface area contributed by atoms with Crippen LogP contribution < -0.4 is 10.2 Å². The summed E-state index contributed by atoms with van der Waals surface area (Å²) in [6.45, 7) is 4.05. The zero-order valence-corrected chi connectivity index (χ0v) is 12.1. The summed E-state index contributed by atoms with van der Waals surface area (Å²) < 4.78 is 0. The van der Waals surface area contributed by atoms with Crippen LogP contribution in [-0.2, 0) is 6.54 Å². The first-order valence-electron chi connectivity index (χ1n) is 6.94. The molecule has 1 fully saturated rings. The molecule has 3 heteroatoms. The number of hydrogen-bond donors (Lipinski definition) is 1. The van der Waals surface area contributed by atoms with Crippen LogP contribution in [0.3, 0.4) is 0 Å². The summed E-state index contributed by atoms with van der Waals surface area (Å²) >= 11 is 6.15. The molecule has 1 aromatic rings.